The van der Waals surface area contributed by atoms with Crippen molar-refractivity contribution in [3.05, 3.63) is 80.3 Å². The highest BCUT2D eigenvalue weighted by atomic mass is 79.9. The van der Waals surface area contributed by atoms with Crippen molar-refractivity contribution >= 4 is 50.0 Å². The van der Waals surface area contributed by atoms with Crippen LogP contribution in [0.25, 0.3) is 22.6 Å². The third kappa shape index (κ3) is 4.64. The molecule has 1 aliphatic rings. The third-order valence-corrected chi connectivity index (χ3v) is 6.77. The lowest BCUT2D eigenvalue weighted by atomic mass is 10.1. The zero-order chi connectivity index (χ0) is 24.5. The summed E-state index contributed by atoms with van der Waals surface area (Å²) in [6.07, 6.45) is 2.92. The number of rotatable bonds is 6. The zero-order valence-corrected chi connectivity index (χ0v) is 20.7. The van der Waals surface area contributed by atoms with Crippen LogP contribution in [0.3, 0.4) is 0 Å². The molecule has 2 heterocycles. The minimum atomic E-state index is -0.429. The maximum Gasteiger partial charge on any atom is 0.293 e. The summed E-state index contributed by atoms with van der Waals surface area (Å²) in [5.74, 6) is 0.0756. The second-order valence-electron chi connectivity index (χ2n) is 8.48. The van der Waals surface area contributed by atoms with E-state index in [1.54, 1.807) is 24.3 Å². The molecule has 1 saturated heterocycles. The zero-order valence-electron chi connectivity index (χ0n) is 19.1. The molecule has 178 valence electrons. The molecule has 0 spiro atoms. The number of hydrogen-bond acceptors (Lipinski definition) is 6. The van der Waals surface area contributed by atoms with Crippen LogP contribution in [0, 0.1) is 10.1 Å². The minimum absolute atomic E-state index is 0.0525. The van der Waals surface area contributed by atoms with Crippen LogP contribution in [0.1, 0.15) is 35.7 Å². The van der Waals surface area contributed by atoms with Crippen LogP contribution in [0.4, 0.5) is 17.1 Å². The second-order valence-corrected chi connectivity index (χ2v) is 9.34. The minimum Gasteiger partial charge on any atom is -0.435 e. The maximum absolute atomic E-state index is 12.8. The lowest BCUT2D eigenvalue weighted by molar-refractivity contribution is -0.384. The Labute approximate surface area is 210 Å². The van der Waals surface area contributed by atoms with Crippen molar-refractivity contribution in [1.82, 2.24) is 4.98 Å². The van der Waals surface area contributed by atoms with Crippen molar-refractivity contribution in [3.8, 4) is 11.5 Å². The molecule has 1 amide bonds. The van der Waals surface area contributed by atoms with Crippen molar-refractivity contribution < 1.29 is 14.1 Å². The van der Waals surface area contributed by atoms with Gasteiger partial charge in [0.25, 0.3) is 11.6 Å². The molecule has 0 atom stereocenters. The molecule has 3 aromatic carbocycles. The van der Waals surface area contributed by atoms with E-state index in [2.05, 4.69) is 33.2 Å². The molecule has 0 unspecified atom stereocenters. The van der Waals surface area contributed by atoms with Crippen LogP contribution in [-0.2, 0) is 6.42 Å². The highest BCUT2D eigenvalue weighted by Gasteiger charge is 2.24. The molecule has 9 heteroatoms. The van der Waals surface area contributed by atoms with Gasteiger partial charge >= 0.3 is 0 Å². The first kappa shape index (κ1) is 23.0. The van der Waals surface area contributed by atoms with Gasteiger partial charge in [0, 0.05) is 36.0 Å². The molecular formula is C26H23BrN4O4. The van der Waals surface area contributed by atoms with Gasteiger partial charge in [-0.1, -0.05) is 6.92 Å². The fourth-order valence-electron chi connectivity index (χ4n) is 4.31. The van der Waals surface area contributed by atoms with Gasteiger partial charge < -0.3 is 14.6 Å². The summed E-state index contributed by atoms with van der Waals surface area (Å²) >= 11 is 3.55. The SMILES string of the molecule is CCc1cc(Br)c2oc(-c3ccc(NC(=O)c4ccc(N5CCCC5)c([N+](=O)[O-])c4)cc3)nc2c1. The highest BCUT2D eigenvalue weighted by Crippen LogP contribution is 2.33. The van der Waals surface area contributed by atoms with E-state index in [0.29, 0.717) is 22.8 Å². The van der Waals surface area contributed by atoms with Gasteiger partial charge in [0.2, 0.25) is 5.89 Å². The van der Waals surface area contributed by atoms with Crippen LogP contribution in [-0.4, -0.2) is 28.9 Å². The molecule has 1 N–H and O–H groups in total. The van der Waals surface area contributed by atoms with E-state index < -0.39 is 10.8 Å². The first-order valence-electron chi connectivity index (χ1n) is 11.5. The Morgan fingerprint density at radius 1 is 1.14 bits per heavy atom. The largest absolute Gasteiger partial charge is 0.435 e. The van der Waals surface area contributed by atoms with Gasteiger partial charge in [0.15, 0.2) is 5.58 Å². The van der Waals surface area contributed by atoms with Crippen molar-refractivity contribution in [1.29, 1.82) is 0 Å². The molecule has 1 fully saturated rings. The quantitative estimate of drug-likeness (QED) is 0.221. The fraction of sp³-hybridized carbons (Fsp3) is 0.231. The van der Waals surface area contributed by atoms with Crippen molar-refractivity contribution in [2.75, 3.05) is 23.3 Å². The van der Waals surface area contributed by atoms with Gasteiger partial charge in [0.05, 0.1) is 9.40 Å². The van der Waals surface area contributed by atoms with E-state index in [9.17, 15) is 14.9 Å². The number of nitro groups is 1. The normalized spacial score (nSPS) is 13.4. The number of carbonyl (C=O) groups is 1. The Balaban J connectivity index is 1.34. The molecule has 35 heavy (non-hydrogen) atoms. The number of carbonyl (C=O) groups excluding carboxylic acids is 1. The van der Waals surface area contributed by atoms with Crippen LogP contribution in [0.5, 0.6) is 0 Å². The molecule has 5 rings (SSSR count). The topological polar surface area (TPSA) is 102 Å². The number of halogens is 1. The van der Waals surface area contributed by atoms with Crippen LogP contribution >= 0.6 is 15.9 Å². The Morgan fingerprint density at radius 3 is 2.57 bits per heavy atom. The first-order chi connectivity index (χ1) is 16.9. The summed E-state index contributed by atoms with van der Waals surface area (Å²) in [6, 6.07) is 15.8. The first-order valence-corrected chi connectivity index (χ1v) is 12.3. The van der Waals surface area contributed by atoms with Crippen LogP contribution in [0.15, 0.2) is 63.5 Å². The molecule has 4 aromatic rings. The average Bonchev–Trinajstić information content (AvgIpc) is 3.54. The number of aromatic nitrogens is 1. The van der Waals surface area contributed by atoms with Gasteiger partial charge in [-0.2, -0.15) is 0 Å². The van der Waals surface area contributed by atoms with Crippen molar-refractivity contribution in [2.45, 2.75) is 26.2 Å². The molecule has 0 bridgehead atoms. The number of nitrogens with zero attached hydrogens (tertiary/aromatic N) is 3. The monoisotopic (exact) mass is 534 g/mol. The predicted octanol–water partition coefficient (Wildman–Crippen LogP) is 6.58. The lowest BCUT2D eigenvalue weighted by Crippen LogP contribution is -2.19. The number of anilines is 2. The molecule has 8 nitrogen and oxygen atoms in total. The molecule has 1 aliphatic heterocycles. The average molecular weight is 535 g/mol. The Kier molecular flexibility index (Phi) is 6.25. The van der Waals surface area contributed by atoms with Crippen LogP contribution < -0.4 is 10.2 Å². The molecular weight excluding hydrogens is 512 g/mol. The summed E-state index contributed by atoms with van der Waals surface area (Å²) in [5.41, 5.74) is 4.71. The summed E-state index contributed by atoms with van der Waals surface area (Å²) in [6.45, 7) is 3.66. The number of fused-ring (bicyclic) bond motifs is 1. The van der Waals surface area contributed by atoms with E-state index in [0.717, 1.165) is 53.5 Å². The number of hydrogen-bond donors (Lipinski definition) is 1. The number of nitro benzene ring substituents is 1. The second kappa shape index (κ2) is 9.50. The molecule has 0 aliphatic carbocycles. The number of nitrogens with one attached hydrogen (secondary N) is 1. The molecule has 1 aromatic heterocycles. The van der Waals surface area contributed by atoms with E-state index in [1.807, 2.05) is 29.2 Å². The standard InChI is InChI=1S/C26H23BrN4O4/c1-2-16-13-20(27)24-21(14-16)29-26(35-24)17-5-8-19(9-6-17)28-25(32)18-7-10-22(23(15-18)31(33)34)30-11-3-4-12-30/h5-10,13-15H,2-4,11-12H2,1H3,(H,28,32). The summed E-state index contributed by atoms with van der Waals surface area (Å²) in [5, 5.41) is 14.4. The highest BCUT2D eigenvalue weighted by molar-refractivity contribution is 9.10. The van der Waals surface area contributed by atoms with Gasteiger partial charge in [-0.25, -0.2) is 4.98 Å². The predicted molar refractivity (Wildman–Crippen MR) is 139 cm³/mol. The number of aryl methyl sites for hydroxylation is 1. The Morgan fingerprint density at radius 2 is 1.89 bits per heavy atom. The van der Waals surface area contributed by atoms with Gasteiger partial charge in [-0.05, 0) is 89.3 Å². The fourth-order valence-corrected chi connectivity index (χ4v) is 4.89. The Hall–Kier alpha value is -3.72. The van der Waals surface area contributed by atoms with Gasteiger partial charge in [-0.3, -0.25) is 14.9 Å². The van der Waals surface area contributed by atoms with Gasteiger partial charge in [-0.15, -0.1) is 0 Å². The van der Waals surface area contributed by atoms with Crippen LogP contribution in [0.2, 0.25) is 0 Å². The van der Waals surface area contributed by atoms with E-state index in [4.69, 9.17) is 4.42 Å². The number of amides is 1. The molecule has 0 saturated carbocycles. The van der Waals surface area contributed by atoms with Crippen molar-refractivity contribution in [2.24, 2.45) is 0 Å². The van der Waals surface area contributed by atoms with Crippen molar-refractivity contribution in [3.63, 3.8) is 0 Å². The van der Waals surface area contributed by atoms with E-state index in [-0.39, 0.29) is 11.3 Å². The smallest absolute Gasteiger partial charge is 0.293 e. The lowest BCUT2D eigenvalue weighted by Gasteiger charge is -2.17. The Bertz CT molecular complexity index is 1430. The third-order valence-electron chi connectivity index (χ3n) is 6.18. The summed E-state index contributed by atoms with van der Waals surface area (Å²) in [7, 11) is 0. The molecule has 0 radical (unpaired) electrons. The summed E-state index contributed by atoms with van der Waals surface area (Å²) in [4.78, 5) is 30.6. The van der Waals surface area contributed by atoms with Gasteiger partial charge in [0.1, 0.15) is 11.2 Å². The number of oxazole rings is 1. The van der Waals surface area contributed by atoms with E-state index in [1.165, 1.54) is 6.07 Å². The maximum atomic E-state index is 12.8. The van der Waals surface area contributed by atoms with E-state index >= 15 is 0 Å². The summed E-state index contributed by atoms with van der Waals surface area (Å²) < 4.78 is 6.81. The number of benzene rings is 3.